The van der Waals surface area contributed by atoms with Gasteiger partial charge in [0, 0.05) is 30.2 Å². The lowest BCUT2D eigenvalue weighted by Gasteiger charge is -2.14. The van der Waals surface area contributed by atoms with E-state index in [1.807, 2.05) is 6.92 Å². The molecule has 35 heavy (non-hydrogen) atoms. The highest BCUT2D eigenvalue weighted by Gasteiger charge is 2.21. The van der Waals surface area contributed by atoms with Crippen molar-refractivity contribution in [1.29, 1.82) is 0 Å². The zero-order chi connectivity index (χ0) is 24.8. The molecule has 2 heterocycles. The van der Waals surface area contributed by atoms with Crippen LogP contribution >= 0.6 is 0 Å². The fourth-order valence-electron chi connectivity index (χ4n) is 3.25. The summed E-state index contributed by atoms with van der Waals surface area (Å²) in [6.07, 6.45) is 3.43. The molecule has 0 fully saturated rings. The molecule has 182 valence electrons. The first-order valence-electron chi connectivity index (χ1n) is 10.9. The van der Waals surface area contributed by atoms with E-state index in [-0.39, 0.29) is 10.6 Å². The fraction of sp³-hybridized carbons (Fsp3) is 0.208. The van der Waals surface area contributed by atoms with Gasteiger partial charge in [0.1, 0.15) is 28.0 Å². The van der Waals surface area contributed by atoms with Gasteiger partial charge in [0.25, 0.3) is 10.0 Å². The molecule has 1 N–H and O–H groups in total. The molecule has 0 unspecified atom stereocenters. The normalized spacial score (nSPS) is 11.2. The summed E-state index contributed by atoms with van der Waals surface area (Å²) in [5, 5.41) is 4.17. The minimum absolute atomic E-state index is 0.00626. The van der Waals surface area contributed by atoms with Crippen LogP contribution in [0.4, 0.5) is 5.69 Å². The molecule has 0 bridgehead atoms. The molecule has 4 rings (SSSR count). The van der Waals surface area contributed by atoms with E-state index in [1.165, 1.54) is 6.07 Å². The van der Waals surface area contributed by atoms with E-state index in [0.717, 1.165) is 0 Å². The third kappa shape index (κ3) is 5.87. The van der Waals surface area contributed by atoms with E-state index in [1.54, 1.807) is 79.5 Å². The Bertz CT molecular complexity index is 1390. The van der Waals surface area contributed by atoms with Crippen molar-refractivity contribution in [2.24, 2.45) is 0 Å². The van der Waals surface area contributed by atoms with Gasteiger partial charge in [-0.2, -0.15) is 10.1 Å². The number of aryl methyl sites for hydroxylation is 1. The van der Waals surface area contributed by atoms with Crippen LogP contribution < -0.4 is 18.9 Å². The van der Waals surface area contributed by atoms with Crippen LogP contribution in [0.2, 0.25) is 0 Å². The van der Waals surface area contributed by atoms with E-state index in [0.29, 0.717) is 47.9 Å². The number of hydrogen-bond acceptors (Lipinski definition) is 8. The van der Waals surface area contributed by atoms with Crippen molar-refractivity contribution in [2.45, 2.75) is 25.7 Å². The van der Waals surface area contributed by atoms with Gasteiger partial charge in [0.05, 0.1) is 13.2 Å². The summed E-state index contributed by atoms with van der Waals surface area (Å²) >= 11 is 0. The topological polar surface area (TPSA) is 117 Å². The molecule has 0 saturated carbocycles. The first-order valence-corrected chi connectivity index (χ1v) is 12.4. The monoisotopic (exact) mass is 495 g/mol. The number of hydrogen-bond donors (Lipinski definition) is 1. The highest BCUT2D eigenvalue weighted by molar-refractivity contribution is 7.92. The van der Waals surface area contributed by atoms with Gasteiger partial charge in [-0.15, -0.1) is 0 Å². The number of rotatable bonds is 10. The molecule has 0 aliphatic carbocycles. The minimum atomic E-state index is -3.94. The highest BCUT2D eigenvalue weighted by atomic mass is 32.2. The summed E-state index contributed by atoms with van der Waals surface area (Å²) in [4.78, 5) is 8.65. The van der Waals surface area contributed by atoms with Gasteiger partial charge in [-0.05, 0) is 63.2 Å². The van der Waals surface area contributed by atoms with Crippen LogP contribution in [0.5, 0.6) is 23.1 Å². The predicted molar refractivity (Wildman–Crippen MR) is 130 cm³/mol. The van der Waals surface area contributed by atoms with E-state index in [2.05, 4.69) is 19.8 Å². The molecular formula is C24H25N5O5S. The Morgan fingerprint density at radius 3 is 2.37 bits per heavy atom. The lowest BCUT2D eigenvalue weighted by molar-refractivity contribution is 0.322. The van der Waals surface area contributed by atoms with Crippen molar-refractivity contribution >= 4 is 15.7 Å². The zero-order valence-electron chi connectivity index (χ0n) is 19.5. The van der Waals surface area contributed by atoms with Crippen LogP contribution in [0.15, 0.2) is 71.9 Å². The molecule has 11 heteroatoms. The Labute approximate surface area is 203 Å². The third-order valence-electron chi connectivity index (χ3n) is 4.68. The van der Waals surface area contributed by atoms with Gasteiger partial charge >= 0.3 is 0 Å². The van der Waals surface area contributed by atoms with Crippen LogP contribution in [-0.2, 0) is 10.0 Å². The van der Waals surface area contributed by atoms with Crippen LogP contribution in [0.1, 0.15) is 19.7 Å². The van der Waals surface area contributed by atoms with Gasteiger partial charge < -0.3 is 14.2 Å². The Morgan fingerprint density at radius 2 is 1.69 bits per heavy atom. The fourth-order valence-corrected chi connectivity index (χ4v) is 4.47. The first-order chi connectivity index (χ1) is 16.9. The zero-order valence-corrected chi connectivity index (χ0v) is 20.3. The molecule has 0 atom stereocenters. The summed E-state index contributed by atoms with van der Waals surface area (Å²) in [6.45, 7) is 6.11. The highest BCUT2D eigenvalue weighted by Crippen LogP contribution is 2.31. The standard InChI is InChI=1S/C24H25N5O5S/c1-4-32-20-11-12-21(33-5-2)22(15-20)35(30,31)28-18-7-9-19(10-8-18)34-24-16-23(26-17(3)27-24)29-14-6-13-25-29/h6-16,28H,4-5H2,1-3H3. The summed E-state index contributed by atoms with van der Waals surface area (Å²) in [5.74, 6) is 2.60. The number of benzene rings is 2. The Balaban J connectivity index is 1.52. The number of nitrogens with zero attached hydrogens (tertiary/aromatic N) is 4. The van der Waals surface area contributed by atoms with Crippen molar-refractivity contribution in [2.75, 3.05) is 17.9 Å². The van der Waals surface area contributed by atoms with E-state index in [4.69, 9.17) is 14.2 Å². The number of anilines is 1. The molecule has 0 spiro atoms. The molecular weight excluding hydrogens is 470 g/mol. The molecule has 2 aromatic carbocycles. The van der Waals surface area contributed by atoms with E-state index >= 15 is 0 Å². The maximum Gasteiger partial charge on any atom is 0.265 e. The van der Waals surface area contributed by atoms with Gasteiger partial charge in [0.15, 0.2) is 5.82 Å². The molecule has 2 aromatic heterocycles. The first kappa shape index (κ1) is 24.0. The second-order valence-electron chi connectivity index (χ2n) is 7.27. The van der Waals surface area contributed by atoms with Crippen LogP contribution in [0.25, 0.3) is 5.82 Å². The van der Waals surface area contributed by atoms with E-state index < -0.39 is 10.0 Å². The summed E-state index contributed by atoms with van der Waals surface area (Å²) in [5.41, 5.74) is 0.359. The molecule has 0 radical (unpaired) electrons. The average molecular weight is 496 g/mol. The summed E-state index contributed by atoms with van der Waals surface area (Å²) in [7, 11) is -3.94. The van der Waals surface area contributed by atoms with Gasteiger partial charge in [-0.3, -0.25) is 4.72 Å². The van der Waals surface area contributed by atoms with Crippen molar-refractivity contribution in [1.82, 2.24) is 19.7 Å². The average Bonchev–Trinajstić information content (AvgIpc) is 3.36. The second-order valence-corrected chi connectivity index (χ2v) is 8.92. The summed E-state index contributed by atoms with van der Waals surface area (Å²) < 4.78 is 47.2. The maximum absolute atomic E-state index is 13.1. The van der Waals surface area contributed by atoms with Gasteiger partial charge in [-0.1, -0.05) is 0 Å². The molecule has 0 aliphatic heterocycles. The van der Waals surface area contributed by atoms with Crippen molar-refractivity contribution in [3.63, 3.8) is 0 Å². The number of sulfonamides is 1. The van der Waals surface area contributed by atoms with E-state index in [9.17, 15) is 8.42 Å². The van der Waals surface area contributed by atoms with Crippen LogP contribution in [-0.4, -0.2) is 41.4 Å². The molecule has 0 saturated heterocycles. The van der Waals surface area contributed by atoms with Crippen molar-refractivity contribution in [3.8, 4) is 28.9 Å². The van der Waals surface area contributed by atoms with Crippen LogP contribution in [0.3, 0.4) is 0 Å². The number of nitrogens with one attached hydrogen (secondary N) is 1. The lowest BCUT2D eigenvalue weighted by Crippen LogP contribution is -2.14. The number of ether oxygens (including phenoxy) is 3. The van der Waals surface area contributed by atoms with Crippen molar-refractivity contribution < 1.29 is 22.6 Å². The van der Waals surface area contributed by atoms with Crippen LogP contribution in [0, 0.1) is 6.92 Å². The van der Waals surface area contributed by atoms with Gasteiger partial charge in [-0.25, -0.2) is 18.1 Å². The quantitative estimate of drug-likeness (QED) is 0.345. The van der Waals surface area contributed by atoms with Gasteiger partial charge in [0.2, 0.25) is 5.88 Å². The van der Waals surface area contributed by atoms with Crippen molar-refractivity contribution in [3.05, 3.63) is 72.8 Å². The number of aromatic nitrogens is 4. The summed E-state index contributed by atoms with van der Waals surface area (Å²) in [6, 6.07) is 14.6. The minimum Gasteiger partial charge on any atom is -0.494 e. The Hall–Kier alpha value is -4.12. The Morgan fingerprint density at radius 1 is 0.943 bits per heavy atom. The molecule has 10 nitrogen and oxygen atoms in total. The largest absolute Gasteiger partial charge is 0.494 e. The smallest absolute Gasteiger partial charge is 0.265 e. The molecule has 4 aromatic rings. The second kappa shape index (κ2) is 10.4. The maximum atomic E-state index is 13.1. The molecule has 0 amide bonds. The SMILES string of the molecule is CCOc1ccc(OCC)c(S(=O)(=O)Nc2ccc(Oc3cc(-n4cccn4)nc(C)n3)cc2)c1. The predicted octanol–water partition coefficient (Wildman–Crippen LogP) is 4.36. The third-order valence-corrected chi connectivity index (χ3v) is 6.09. The molecule has 0 aliphatic rings. The lowest BCUT2D eigenvalue weighted by atomic mass is 10.3. The Kier molecular flexibility index (Phi) is 7.16.